The third kappa shape index (κ3) is 2.06. The minimum atomic E-state index is -0.0729. The van der Waals surface area contributed by atoms with Gasteiger partial charge in [-0.2, -0.15) is 5.26 Å². The summed E-state index contributed by atoms with van der Waals surface area (Å²) in [4.78, 5) is 0. The predicted molar refractivity (Wildman–Crippen MR) is 56.2 cm³/mol. The van der Waals surface area contributed by atoms with Crippen LogP contribution in [0.1, 0.15) is 19.3 Å². The van der Waals surface area contributed by atoms with Gasteiger partial charge in [0.2, 0.25) is 0 Å². The molecule has 0 amide bonds. The molecule has 14 heavy (non-hydrogen) atoms. The first-order valence-electron chi connectivity index (χ1n) is 4.96. The molecule has 2 N–H and O–H groups in total. The third-order valence-corrected chi connectivity index (χ3v) is 2.88. The molecule has 1 aliphatic rings. The zero-order valence-electron chi connectivity index (χ0n) is 8.71. The Balaban J connectivity index is 2.78. The molecule has 0 spiro atoms. The maximum atomic E-state index is 8.86. The van der Waals surface area contributed by atoms with Crippen molar-refractivity contribution in [3.05, 3.63) is 12.8 Å². The van der Waals surface area contributed by atoms with Crippen LogP contribution in [-0.2, 0) is 0 Å². The van der Waals surface area contributed by atoms with Crippen molar-refractivity contribution in [2.75, 3.05) is 20.1 Å². The van der Waals surface area contributed by atoms with Crippen LogP contribution in [0.2, 0.25) is 0 Å². The maximum absolute atomic E-state index is 8.86. The van der Waals surface area contributed by atoms with Gasteiger partial charge in [-0.05, 0) is 25.9 Å². The summed E-state index contributed by atoms with van der Waals surface area (Å²) >= 11 is 0. The summed E-state index contributed by atoms with van der Waals surface area (Å²) in [5, 5.41) is 14.1. The lowest BCUT2D eigenvalue weighted by Crippen LogP contribution is -2.56. The predicted octanol–water partition coefficient (Wildman–Crippen LogP) is 0.602. The van der Waals surface area contributed by atoms with Crippen LogP contribution in [0.25, 0.3) is 0 Å². The zero-order chi connectivity index (χ0) is 10.4. The molecule has 0 saturated carbocycles. The zero-order valence-corrected chi connectivity index (χ0v) is 8.71. The largest absolute Gasteiger partial charge is 0.317 e. The van der Waals surface area contributed by atoms with Crippen molar-refractivity contribution in [3.63, 3.8) is 0 Å². The molecule has 4 nitrogen and oxygen atoms in total. The van der Waals surface area contributed by atoms with Crippen LogP contribution in [-0.4, -0.2) is 30.7 Å². The molecule has 1 fully saturated rings. The number of piperidine rings is 1. The SMILES string of the molecule is C=CN(NC)C1(CC#N)CCNCC1. The van der Waals surface area contributed by atoms with Gasteiger partial charge in [0.25, 0.3) is 0 Å². The van der Waals surface area contributed by atoms with Crippen LogP contribution >= 0.6 is 0 Å². The summed E-state index contributed by atoms with van der Waals surface area (Å²) in [5.74, 6) is 0. The van der Waals surface area contributed by atoms with Gasteiger partial charge in [0.05, 0.1) is 18.0 Å². The molecule has 0 unspecified atom stereocenters. The Hall–Kier alpha value is -1.05. The smallest absolute Gasteiger partial charge is 0.0710 e. The van der Waals surface area contributed by atoms with Crippen molar-refractivity contribution in [2.24, 2.45) is 0 Å². The van der Waals surface area contributed by atoms with E-state index in [1.54, 1.807) is 6.20 Å². The second kappa shape index (κ2) is 4.99. The minimum Gasteiger partial charge on any atom is -0.317 e. The van der Waals surface area contributed by atoms with Gasteiger partial charge in [0.15, 0.2) is 0 Å². The number of hydrazine groups is 1. The van der Waals surface area contributed by atoms with Gasteiger partial charge < -0.3 is 10.3 Å². The molecule has 78 valence electrons. The molecule has 0 aromatic rings. The van der Waals surface area contributed by atoms with E-state index in [1.807, 2.05) is 12.1 Å². The molecular formula is C10H18N4. The van der Waals surface area contributed by atoms with E-state index in [9.17, 15) is 0 Å². The summed E-state index contributed by atoms with van der Waals surface area (Å²) in [6.45, 7) is 5.70. The topological polar surface area (TPSA) is 51.1 Å². The molecule has 0 atom stereocenters. The number of nitrogens with zero attached hydrogens (tertiary/aromatic N) is 2. The molecule has 1 heterocycles. The molecule has 4 heteroatoms. The van der Waals surface area contributed by atoms with Crippen LogP contribution < -0.4 is 10.7 Å². The van der Waals surface area contributed by atoms with E-state index in [0.29, 0.717) is 6.42 Å². The Labute approximate surface area is 85.6 Å². The number of nitriles is 1. The lowest BCUT2D eigenvalue weighted by Gasteiger charge is -2.44. The number of nitrogens with one attached hydrogen (secondary N) is 2. The first-order valence-corrected chi connectivity index (χ1v) is 4.96. The van der Waals surface area contributed by atoms with E-state index in [-0.39, 0.29) is 5.54 Å². The summed E-state index contributed by atoms with van der Waals surface area (Å²) in [6, 6.07) is 2.27. The van der Waals surface area contributed by atoms with Crippen LogP contribution in [0.3, 0.4) is 0 Å². The highest BCUT2D eigenvalue weighted by atomic mass is 15.5. The highest BCUT2D eigenvalue weighted by Gasteiger charge is 2.36. The normalized spacial score (nSPS) is 19.7. The molecule has 1 saturated heterocycles. The van der Waals surface area contributed by atoms with Crippen LogP contribution in [0, 0.1) is 11.3 Å². The average Bonchev–Trinajstić information content (AvgIpc) is 2.21. The van der Waals surface area contributed by atoms with E-state index in [2.05, 4.69) is 23.4 Å². The molecule has 0 aromatic heterocycles. The Morgan fingerprint density at radius 1 is 1.64 bits per heavy atom. The van der Waals surface area contributed by atoms with E-state index in [4.69, 9.17) is 5.26 Å². The van der Waals surface area contributed by atoms with Crippen molar-refractivity contribution < 1.29 is 0 Å². The first-order chi connectivity index (χ1) is 6.79. The Kier molecular flexibility index (Phi) is 3.93. The van der Waals surface area contributed by atoms with Crippen molar-refractivity contribution in [3.8, 4) is 6.07 Å². The Morgan fingerprint density at radius 3 is 2.71 bits per heavy atom. The summed E-state index contributed by atoms with van der Waals surface area (Å²) in [6.07, 6.45) is 4.27. The van der Waals surface area contributed by atoms with Crippen molar-refractivity contribution in [2.45, 2.75) is 24.8 Å². The molecule has 0 radical (unpaired) electrons. The van der Waals surface area contributed by atoms with E-state index in [0.717, 1.165) is 25.9 Å². The lowest BCUT2D eigenvalue weighted by atomic mass is 9.85. The van der Waals surface area contributed by atoms with Crippen molar-refractivity contribution >= 4 is 0 Å². The average molecular weight is 194 g/mol. The molecular weight excluding hydrogens is 176 g/mol. The van der Waals surface area contributed by atoms with Crippen LogP contribution in [0.15, 0.2) is 12.8 Å². The quantitative estimate of drug-likeness (QED) is 0.644. The van der Waals surface area contributed by atoms with Gasteiger partial charge in [0.1, 0.15) is 0 Å². The molecule has 0 aliphatic carbocycles. The number of hydrogen-bond donors (Lipinski definition) is 2. The summed E-state index contributed by atoms with van der Waals surface area (Å²) in [5.41, 5.74) is 3.01. The molecule has 1 rings (SSSR count). The summed E-state index contributed by atoms with van der Waals surface area (Å²) in [7, 11) is 1.86. The fourth-order valence-corrected chi connectivity index (χ4v) is 2.06. The first kappa shape index (κ1) is 11.0. The van der Waals surface area contributed by atoms with Crippen molar-refractivity contribution in [1.82, 2.24) is 15.8 Å². The number of rotatable bonds is 4. The van der Waals surface area contributed by atoms with E-state index >= 15 is 0 Å². The molecule has 1 aliphatic heterocycles. The van der Waals surface area contributed by atoms with Gasteiger partial charge >= 0.3 is 0 Å². The van der Waals surface area contributed by atoms with Gasteiger partial charge in [-0.25, -0.2) is 5.43 Å². The second-order valence-corrected chi connectivity index (χ2v) is 3.59. The lowest BCUT2D eigenvalue weighted by molar-refractivity contribution is 0.0696. The van der Waals surface area contributed by atoms with Gasteiger partial charge in [-0.15, -0.1) is 0 Å². The molecule has 0 bridgehead atoms. The highest BCUT2D eigenvalue weighted by Crippen LogP contribution is 2.28. The van der Waals surface area contributed by atoms with Crippen LogP contribution in [0.5, 0.6) is 0 Å². The monoisotopic (exact) mass is 194 g/mol. The molecule has 0 aromatic carbocycles. The van der Waals surface area contributed by atoms with E-state index < -0.39 is 0 Å². The minimum absolute atomic E-state index is 0.0729. The second-order valence-electron chi connectivity index (χ2n) is 3.59. The van der Waals surface area contributed by atoms with Gasteiger partial charge in [-0.3, -0.25) is 0 Å². The van der Waals surface area contributed by atoms with Crippen LogP contribution in [0.4, 0.5) is 0 Å². The maximum Gasteiger partial charge on any atom is 0.0710 e. The Morgan fingerprint density at radius 2 is 2.29 bits per heavy atom. The highest BCUT2D eigenvalue weighted by molar-refractivity contribution is 5.01. The van der Waals surface area contributed by atoms with Crippen molar-refractivity contribution in [1.29, 1.82) is 5.26 Å². The standard InChI is InChI=1S/C10H18N4/c1-3-14(12-2)10(4-7-11)5-8-13-9-6-10/h3,12-13H,1,4-6,8-9H2,2H3. The van der Waals surface area contributed by atoms with E-state index in [1.165, 1.54) is 0 Å². The van der Waals surface area contributed by atoms with Gasteiger partial charge in [0, 0.05) is 13.2 Å². The third-order valence-electron chi connectivity index (χ3n) is 2.88. The Bertz CT molecular complexity index is 225. The fraction of sp³-hybridized carbons (Fsp3) is 0.700. The van der Waals surface area contributed by atoms with Gasteiger partial charge in [-0.1, -0.05) is 6.58 Å². The summed E-state index contributed by atoms with van der Waals surface area (Å²) < 4.78 is 0. The fourth-order valence-electron chi connectivity index (χ4n) is 2.06. The number of hydrogen-bond acceptors (Lipinski definition) is 4.